The van der Waals surface area contributed by atoms with E-state index in [9.17, 15) is 4.39 Å². The van der Waals surface area contributed by atoms with E-state index in [0.29, 0.717) is 11.4 Å². The Kier molecular flexibility index (Phi) is 3.21. The van der Waals surface area contributed by atoms with Crippen LogP contribution in [-0.4, -0.2) is 23.2 Å². The van der Waals surface area contributed by atoms with E-state index in [1.165, 1.54) is 6.07 Å². The molecule has 1 fully saturated rings. The van der Waals surface area contributed by atoms with Crippen molar-refractivity contribution in [1.82, 2.24) is 14.9 Å². The smallest absolute Gasteiger partial charge is 0.147 e. The summed E-state index contributed by atoms with van der Waals surface area (Å²) >= 11 is 0. The fourth-order valence-electron chi connectivity index (χ4n) is 2.51. The fourth-order valence-corrected chi connectivity index (χ4v) is 2.51. The first-order valence-electron chi connectivity index (χ1n) is 6.39. The molecule has 5 heteroatoms. The lowest BCUT2D eigenvalue weighted by molar-refractivity contribution is 0.413. The lowest BCUT2D eigenvalue weighted by Gasteiger charge is -2.15. The summed E-state index contributed by atoms with van der Waals surface area (Å²) in [4.78, 5) is 4.16. The number of aromatic nitrogens is 2. The Morgan fingerprint density at radius 3 is 3.11 bits per heavy atom. The number of rotatable bonds is 3. The van der Waals surface area contributed by atoms with Gasteiger partial charge < -0.3 is 10.1 Å². The van der Waals surface area contributed by atoms with Gasteiger partial charge in [0.2, 0.25) is 0 Å². The molecule has 2 heterocycles. The molecule has 1 atom stereocenters. The van der Waals surface area contributed by atoms with Gasteiger partial charge in [-0.2, -0.15) is 0 Å². The molecule has 0 unspecified atom stereocenters. The second kappa shape index (κ2) is 5.01. The summed E-state index contributed by atoms with van der Waals surface area (Å²) in [6, 6.07) is 4.96. The van der Waals surface area contributed by atoms with Crippen molar-refractivity contribution in [3.63, 3.8) is 0 Å². The Bertz CT molecular complexity index is 576. The average Bonchev–Trinajstić information content (AvgIpc) is 3.09. The first kappa shape index (κ1) is 12.2. The van der Waals surface area contributed by atoms with Gasteiger partial charge in [-0.25, -0.2) is 9.37 Å². The molecule has 0 saturated carbocycles. The molecule has 0 radical (unpaired) electrons. The maximum atomic E-state index is 14.0. The highest BCUT2D eigenvalue weighted by atomic mass is 19.1. The van der Waals surface area contributed by atoms with Crippen molar-refractivity contribution in [2.24, 2.45) is 0 Å². The SMILES string of the molecule is COc1ccc(F)c(-n2cncc2[C@@H]2CCCN2)c1. The third-order valence-corrected chi connectivity index (χ3v) is 3.50. The van der Waals surface area contributed by atoms with Crippen LogP contribution >= 0.6 is 0 Å². The van der Waals surface area contributed by atoms with Crippen LogP contribution in [0.5, 0.6) is 5.75 Å². The van der Waals surface area contributed by atoms with Crippen molar-refractivity contribution >= 4 is 0 Å². The lowest BCUT2D eigenvalue weighted by atomic mass is 10.1. The van der Waals surface area contributed by atoms with E-state index >= 15 is 0 Å². The minimum Gasteiger partial charge on any atom is -0.497 e. The summed E-state index contributed by atoms with van der Waals surface area (Å²) in [6.07, 6.45) is 5.63. The monoisotopic (exact) mass is 261 g/mol. The number of nitrogens with one attached hydrogen (secondary N) is 1. The molecule has 1 aromatic heterocycles. The first-order valence-corrected chi connectivity index (χ1v) is 6.39. The van der Waals surface area contributed by atoms with Crippen LogP contribution in [0.2, 0.25) is 0 Å². The number of benzene rings is 1. The van der Waals surface area contributed by atoms with E-state index < -0.39 is 0 Å². The van der Waals surface area contributed by atoms with Crippen molar-refractivity contribution in [2.75, 3.05) is 13.7 Å². The molecule has 3 rings (SSSR count). The van der Waals surface area contributed by atoms with Crippen LogP contribution in [-0.2, 0) is 0 Å². The lowest BCUT2D eigenvalue weighted by Crippen LogP contribution is -2.16. The molecule has 1 aromatic carbocycles. The molecule has 19 heavy (non-hydrogen) atoms. The minimum absolute atomic E-state index is 0.244. The zero-order valence-electron chi connectivity index (χ0n) is 10.8. The van der Waals surface area contributed by atoms with Gasteiger partial charge in [0.05, 0.1) is 31.0 Å². The Morgan fingerprint density at radius 2 is 2.37 bits per heavy atom. The van der Waals surface area contributed by atoms with E-state index in [1.807, 2.05) is 0 Å². The van der Waals surface area contributed by atoms with Crippen LogP contribution in [0.1, 0.15) is 24.6 Å². The highest BCUT2D eigenvalue weighted by molar-refractivity contribution is 5.42. The zero-order chi connectivity index (χ0) is 13.2. The van der Waals surface area contributed by atoms with Gasteiger partial charge in [0.1, 0.15) is 11.6 Å². The number of hydrogen-bond acceptors (Lipinski definition) is 3. The van der Waals surface area contributed by atoms with Crippen molar-refractivity contribution < 1.29 is 9.13 Å². The summed E-state index contributed by atoms with van der Waals surface area (Å²) in [5.74, 6) is 0.355. The number of halogens is 1. The van der Waals surface area contributed by atoms with E-state index in [-0.39, 0.29) is 11.9 Å². The molecular weight excluding hydrogens is 245 g/mol. The molecule has 0 spiro atoms. The van der Waals surface area contributed by atoms with E-state index in [0.717, 1.165) is 25.1 Å². The zero-order valence-corrected chi connectivity index (χ0v) is 10.8. The summed E-state index contributed by atoms with van der Waals surface area (Å²) in [5, 5.41) is 3.40. The topological polar surface area (TPSA) is 39.1 Å². The Labute approximate surface area is 111 Å². The molecule has 0 amide bonds. The van der Waals surface area contributed by atoms with E-state index in [4.69, 9.17) is 4.74 Å². The third-order valence-electron chi connectivity index (χ3n) is 3.50. The largest absolute Gasteiger partial charge is 0.497 e. The van der Waals surface area contributed by atoms with Gasteiger partial charge in [-0.3, -0.25) is 4.57 Å². The predicted octanol–water partition coefficient (Wildman–Crippen LogP) is 2.44. The fraction of sp³-hybridized carbons (Fsp3) is 0.357. The van der Waals surface area contributed by atoms with Gasteiger partial charge in [-0.1, -0.05) is 0 Å². The van der Waals surface area contributed by atoms with Gasteiger partial charge >= 0.3 is 0 Å². The molecule has 4 nitrogen and oxygen atoms in total. The number of methoxy groups -OCH3 is 1. The van der Waals surface area contributed by atoms with Crippen LogP contribution in [0, 0.1) is 5.82 Å². The molecule has 100 valence electrons. The Morgan fingerprint density at radius 1 is 1.47 bits per heavy atom. The molecular formula is C14H16FN3O. The van der Waals surface area contributed by atoms with Gasteiger partial charge in [0.25, 0.3) is 0 Å². The number of hydrogen-bond donors (Lipinski definition) is 1. The Balaban J connectivity index is 2.04. The van der Waals surface area contributed by atoms with Crippen molar-refractivity contribution in [3.05, 3.63) is 42.2 Å². The summed E-state index contributed by atoms with van der Waals surface area (Å²) in [7, 11) is 1.57. The second-order valence-electron chi connectivity index (χ2n) is 4.65. The summed E-state index contributed by atoms with van der Waals surface area (Å²) < 4.78 is 21.0. The summed E-state index contributed by atoms with van der Waals surface area (Å²) in [6.45, 7) is 0.996. The molecule has 1 saturated heterocycles. The maximum absolute atomic E-state index is 14.0. The van der Waals surface area contributed by atoms with E-state index in [2.05, 4.69) is 10.3 Å². The molecule has 1 N–H and O–H groups in total. The van der Waals surface area contributed by atoms with Crippen LogP contribution in [0.3, 0.4) is 0 Å². The Hall–Kier alpha value is -1.88. The van der Waals surface area contributed by atoms with Gasteiger partial charge in [-0.05, 0) is 31.5 Å². The van der Waals surface area contributed by atoms with Gasteiger partial charge in [0, 0.05) is 12.1 Å². The highest BCUT2D eigenvalue weighted by Gasteiger charge is 2.21. The van der Waals surface area contributed by atoms with Crippen molar-refractivity contribution in [2.45, 2.75) is 18.9 Å². The number of imidazole rings is 1. The van der Waals surface area contributed by atoms with Crippen molar-refractivity contribution in [3.8, 4) is 11.4 Å². The molecule has 0 bridgehead atoms. The molecule has 2 aromatic rings. The van der Waals surface area contributed by atoms with Crippen LogP contribution in [0.4, 0.5) is 4.39 Å². The quantitative estimate of drug-likeness (QED) is 0.922. The van der Waals surface area contributed by atoms with E-state index in [1.54, 1.807) is 36.3 Å². The first-order chi connectivity index (χ1) is 9.29. The summed E-state index contributed by atoms with van der Waals surface area (Å²) in [5.41, 5.74) is 1.46. The molecule has 0 aliphatic carbocycles. The second-order valence-corrected chi connectivity index (χ2v) is 4.65. The number of nitrogens with zero attached hydrogens (tertiary/aromatic N) is 2. The molecule has 1 aliphatic rings. The standard InChI is InChI=1S/C14H16FN3O/c1-19-10-4-5-11(15)13(7-10)18-9-16-8-14(18)12-3-2-6-17-12/h4-5,7-9,12,17H,2-3,6H2,1H3/t12-/m0/s1. The molecule has 1 aliphatic heterocycles. The van der Waals surface area contributed by atoms with Gasteiger partial charge in [0.15, 0.2) is 0 Å². The van der Waals surface area contributed by atoms with Gasteiger partial charge in [-0.15, -0.1) is 0 Å². The van der Waals surface area contributed by atoms with Crippen molar-refractivity contribution in [1.29, 1.82) is 0 Å². The van der Waals surface area contributed by atoms with Crippen LogP contribution < -0.4 is 10.1 Å². The highest BCUT2D eigenvalue weighted by Crippen LogP contribution is 2.27. The normalized spacial score (nSPS) is 18.7. The predicted molar refractivity (Wildman–Crippen MR) is 70.1 cm³/mol. The van der Waals surface area contributed by atoms with Crippen LogP contribution in [0.25, 0.3) is 5.69 Å². The average molecular weight is 261 g/mol. The maximum Gasteiger partial charge on any atom is 0.147 e. The van der Waals surface area contributed by atoms with Crippen LogP contribution in [0.15, 0.2) is 30.7 Å². The minimum atomic E-state index is -0.280. The number of ether oxygens (including phenoxy) is 1. The third kappa shape index (κ3) is 2.21.